The van der Waals surface area contributed by atoms with Crippen molar-refractivity contribution in [2.24, 2.45) is 0 Å². The summed E-state index contributed by atoms with van der Waals surface area (Å²) >= 11 is 0. The highest BCUT2D eigenvalue weighted by Crippen LogP contribution is 2.21. The molecule has 24 heavy (non-hydrogen) atoms. The van der Waals surface area contributed by atoms with Crippen molar-refractivity contribution in [3.05, 3.63) is 30.5 Å². The van der Waals surface area contributed by atoms with Crippen molar-refractivity contribution in [3.63, 3.8) is 0 Å². The predicted octanol–water partition coefficient (Wildman–Crippen LogP) is 2.79. The summed E-state index contributed by atoms with van der Waals surface area (Å²) in [6.45, 7) is 3.67. The second kappa shape index (κ2) is 6.95. The first-order valence-electron chi connectivity index (χ1n) is 8.47. The number of rotatable bonds is 4. The fourth-order valence-corrected chi connectivity index (χ4v) is 3.18. The van der Waals surface area contributed by atoms with E-state index in [4.69, 9.17) is 0 Å². The minimum atomic E-state index is -0.226. The summed E-state index contributed by atoms with van der Waals surface area (Å²) in [4.78, 5) is 25.4. The van der Waals surface area contributed by atoms with Gasteiger partial charge in [0.1, 0.15) is 0 Å². The number of carbonyl (C=O) groups excluding carboxylic acids is 2. The molecule has 0 aliphatic carbocycles. The number of benzene rings is 1. The van der Waals surface area contributed by atoms with Crippen LogP contribution < -0.4 is 10.6 Å². The summed E-state index contributed by atoms with van der Waals surface area (Å²) in [6, 6.07) is 7.79. The average Bonchev–Trinajstić information content (AvgIpc) is 2.94. The molecule has 0 spiro atoms. The van der Waals surface area contributed by atoms with Gasteiger partial charge in [0.2, 0.25) is 5.91 Å². The van der Waals surface area contributed by atoms with Crippen LogP contribution in [0.4, 0.5) is 10.5 Å². The van der Waals surface area contributed by atoms with Gasteiger partial charge in [0.05, 0.1) is 5.52 Å². The largest absolute Gasteiger partial charge is 0.347 e. The maximum Gasteiger partial charge on any atom is 0.319 e. The molecule has 3 amide bonds. The maximum absolute atomic E-state index is 12.2. The third kappa shape index (κ3) is 3.53. The van der Waals surface area contributed by atoms with Crippen LogP contribution in [0.2, 0.25) is 0 Å². The average molecular weight is 328 g/mol. The molecule has 1 aromatic heterocycles. The first kappa shape index (κ1) is 16.4. The van der Waals surface area contributed by atoms with Crippen LogP contribution in [0.25, 0.3) is 10.9 Å². The Morgan fingerprint density at radius 2 is 2.17 bits per heavy atom. The van der Waals surface area contributed by atoms with Crippen LogP contribution in [0, 0.1) is 0 Å². The van der Waals surface area contributed by atoms with Gasteiger partial charge in [-0.1, -0.05) is 13.0 Å². The van der Waals surface area contributed by atoms with E-state index in [1.54, 1.807) is 11.9 Å². The summed E-state index contributed by atoms with van der Waals surface area (Å²) in [5.74, 6) is 0.135. The Balaban J connectivity index is 1.64. The van der Waals surface area contributed by atoms with Gasteiger partial charge >= 0.3 is 6.03 Å². The highest BCUT2D eigenvalue weighted by atomic mass is 16.2. The number of carbonyl (C=O) groups is 2. The number of aryl methyl sites for hydroxylation is 1. The zero-order valence-corrected chi connectivity index (χ0v) is 14.2. The summed E-state index contributed by atoms with van der Waals surface area (Å²) in [5, 5.41) is 7.02. The maximum atomic E-state index is 12.2. The van der Waals surface area contributed by atoms with E-state index < -0.39 is 0 Å². The Bertz CT molecular complexity index is 753. The minimum absolute atomic E-state index is 0.000355. The number of fused-ring (bicyclic) bond motifs is 1. The van der Waals surface area contributed by atoms with Crippen LogP contribution in [0.3, 0.4) is 0 Å². The normalized spacial score (nSPS) is 18.0. The lowest BCUT2D eigenvalue weighted by atomic mass is 10.1. The van der Waals surface area contributed by atoms with Crippen molar-refractivity contribution < 1.29 is 9.59 Å². The number of nitrogens with one attached hydrogen (secondary N) is 2. The molecule has 0 saturated carbocycles. The van der Waals surface area contributed by atoms with Gasteiger partial charge in [0, 0.05) is 44.5 Å². The van der Waals surface area contributed by atoms with Crippen molar-refractivity contribution >= 4 is 28.5 Å². The Labute approximate surface area is 141 Å². The van der Waals surface area contributed by atoms with Crippen LogP contribution in [0.5, 0.6) is 0 Å². The second-order valence-electron chi connectivity index (χ2n) is 6.39. The van der Waals surface area contributed by atoms with Crippen molar-refractivity contribution in [1.29, 1.82) is 0 Å². The fraction of sp³-hybridized carbons (Fsp3) is 0.444. The van der Waals surface area contributed by atoms with Crippen molar-refractivity contribution in [2.75, 3.05) is 18.9 Å². The fourth-order valence-electron chi connectivity index (χ4n) is 3.18. The number of anilines is 1. The number of amides is 3. The molecule has 2 aromatic rings. The molecule has 128 valence electrons. The number of urea groups is 1. The van der Waals surface area contributed by atoms with Gasteiger partial charge in [0.25, 0.3) is 0 Å². The van der Waals surface area contributed by atoms with Crippen LogP contribution in [0.15, 0.2) is 30.5 Å². The molecule has 0 radical (unpaired) electrons. The van der Waals surface area contributed by atoms with Gasteiger partial charge in [-0.3, -0.25) is 4.79 Å². The van der Waals surface area contributed by atoms with Gasteiger partial charge in [-0.25, -0.2) is 4.79 Å². The molecule has 1 aliphatic rings. The number of piperidine rings is 1. The Hall–Kier alpha value is -2.50. The van der Waals surface area contributed by atoms with Gasteiger partial charge in [-0.05, 0) is 36.4 Å². The monoisotopic (exact) mass is 328 g/mol. The Morgan fingerprint density at radius 1 is 1.33 bits per heavy atom. The third-order valence-corrected chi connectivity index (χ3v) is 4.46. The SMILES string of the molecule is CCCn1ccc2ccc(NC(=O)N[C@H]3CCC(=O)N(C)C3)cc21. The molecule has 1 saturated heterocycles. The molecule has 1 atom stereocenters. The van der Waals surface area contributed by atoms with Gasteiger partial charge in [-0.2, -0.15) is 0 Å². The molecule has 1 fully saturated rings. The number of aromatic nitrogens is 1. The molecular formula is C18H24N4O2. The summed E-state index contributed by atoms with van der Waals surface area (Å²) in [5.41, 5.74) is 1.90. The number of nitrogens with zero attached hydrogens (tertiary/aromatic N) is 2. The lowest BCUT2D eigenvalue weighted by Gasteiger charge is -2.30. The van der Waals surface area contributed by atoms with Crippen LogP contribution in [-0.4, -0.2) is 41.0 Å². The Kier molecular flexibility index (Phi) is 4.74. The molecule has 2 N–H and O–H groups in total. The van der Waals surface area contributed by atoms with E-state index in [1.807, 2.05) is 18.2 Å². The molecule has 0 bridgehead atoms. The molecule has 0 unspecified atom stereocenters. The molecule has 1 aromatic carbocycles. The number of likely N-dealkylation sites (tertiary alicyclic amines) is 1. The van der Waals surface area contributed by atoms with E-state index in [0.717, 1.165) is 24.2 Å². The lowest BCUT2D eigenvalue weighted by Crippen LogP contribution is -2.49. The first-order valence-corrected chi connectivity index (χ1v) is 8.47. The number of likely N-dealkylation sites (N-methyl/N-ethyl adjacent to an activating group) is 1. The molecule has 1 aliphatic heterocycles. The zero-order chi connectivity index (χ0) is 17.1. The first-order chi connectivity index (χ1) is 11.6. The minimum Gasteiger partial charge on any atom is -0.347 e. The van der Waals surface area contributed by atoms with Gasteiger partial charge < -0.3 is 20.1 Å². The van der Waals surface area contributed by atoms with Crippen LogP contribution in [-0.2, 0) is 11.3 Å². The summed E-state index contributed by atoms with van der Waals surface area (Å²) in [6.07, 6.45) is 4.32. The molecular weight excluding hydrogens is 304 g/mol. The molecule has 2 heterocycles. The smallest absolute Gasteiger partial charge is 0.319 e. The van der Waals surface area contributed by atoms with E-state index in [2.05, 4.69) is 34.4 Å². The van der Waals surface area contributed by atoms with E-state index in [9.17, 15) is 9.59 Å². The van der Waals surface area contributed by atoms with Crippen molar-refractivity contribution in [1.82, 2.24) is 14.8 Å². The Morgan fingerprint density at radius 3 is 2.92 bits per heavy atom. The highest BCUT2D eigenvalue weighted by Gasteiger charge is 2.23. The topological polar surface area (TPSA) is 66.4 Å². The van der Waals surface area contributed by atoms with Crippen molar-refractivity contribution in [3.8, 4) is 0 Å². The summed E-state index contributed by atoms with van der Waals surface area (Å²) in [7, 11) is 1.77. The standard InChI is InChI=1S/C18H24N4O2/c1-3-9-22-10-8-13-4-5-14(11-16(13)22)19-18(24)20-15-6-7-17(23)21(2)12-15/h4-5,8,10-11,15H,3,6-7,9,12H2,1-2H3,(H2,19,20,24)/t15-/m0/s1. The van der Waals surface area contributed by atoms with E-state index >= 15 is 0 Å². The quantitative estimate of drug-likeness (QED) is 0.906. The molecule has 6 heteroatoms. The summed E-state index contributed by atoms with van der Waals surface area (Å²) < 4.78 is 2.19. The van der Waals surface area contributed by atoms with Gasteiger partial charge in [-0.15, -0.1) is 0 Å². The third-order valence-electron chi connectivity index (χ3n) is 4.46. The van der Waals surface area contributed by atoms with E-state index in [-0.39, 0.29) is 18.0 Å². The lowest BCUT2D eigenvalue weighted by molar-refractivity contribution is -0.132. The van der Waals surface area contributed by atoms with E-state index in [1.165, 1.54) is 5.39 Å². The molecule has 6 nitrogen and oxygen atoms in total. The highest BCUT2D eigenvalue weighted by molar-refractivity contribution is 5.93. The number of hydrogen-bond donors (Lipinski definition) is 2. The van der Waals surface area contributed by atoms with E-state index in [0.29, 0.717) is 19.4 Å². The molecule has 3 rings (SSSR count). The zero-order valence-electron chi connectivity index (χ0n) is 14.2. The van der Waals surface area contributed by atoms with Gasteiger partial charge in [0.15, 0.2) is 0 Å². The van der Waals surface area contributed by atoms with Crippen molar-refractivity contribution in [2.45, 2.75) is 38.8 Å². The predicted molar refractivity (Wildman–Crippen MR) is 95.0 cm³/mol. The second-order valence-corrected chi connectivity index (χ2v) is 6.39. The van der Waals surface area contributed by atoms with Crippen LogP contribution >= 0.6 is 0 Å². The van der Waals surface area contributed by atoms with Crippen LogP contribution in [0.1, 0.15) is 26.2 Å². The number of hydrogen-bond acceptors (Lipinski definition) is 2.